The van der Waals surface area contributed by atoms with Crippen molar-refractivity contribution in [3.8, 4) is 0 Å². The number of hydrogen-bond donors (Lipinski definition) is 2. The molecule has 0 spiro atoms. The van der Waals surface area contributed by atoms with Crippen molar-refractivity contribution in [3.63, 3.8) is 0 Å². The number of carboxylic acids is 1. The SMILES string of the molecule is Cc1ncsc1CN[C@H](CC(=O)O)c1cccc(Cl)c1. The lowest BCUT2D eigenvalue weighted by atomic mass is 10.0. The number of carbonyl (C=O) groups is 1. The molecule has 0 unspecified atom stereocenters. The third-order valence-electron chi connectivity index (χ3n) is 2.98. The molecule has 0 fully saturated rings. The molecule has 2 N–H and O–H groups in total. The van der Waals surface area contributed by atoms with Crippen molar-refractivity contribution in [1.82, 2.24) is 10.3 Å². The van der Waals surface area contributed by atoms with Gasteiger partial charge in [-0.05, 0) is 24.6 Å². The fraction of sp³-hybridized carbons (Fsp3) is 0.286. The summed E-state index contributed by atoms with van der Waals surface area (Å²) in [5.74, 6) is -0.844. The van der Waals surface area contributed by atoms with Gasteiger partial charge in [0.1, 0.15) is 0 Å². The maximum Gasteiger partial charge on any atom is 0.305 e. The highest BCUT2D eigenvalue weighted by molar-refractivity contribution is 7.09. The minimum Gasteiger partial charge on any atom is -0.481 e. The van der Waals surface area contributed by atoms with Crippen LogP contribution in [-0.2, 0) is 11.3 Å². The van der Waals surface area contributed by atoms with E-state index in [-0.39, 0.29) is 12.5 Å². The summed E-state index contributed by atoms with van der Waals surface area (Å²) in [6.07, 6.45) is 0.0121. The number of aromatic nitrogens is 1. The number of rotatable bonds is 6. The Labute approximate surface area is 126 Å². The van der Waals surface area contributed by atoms with Crippen LogP contribution in [0.4, 0.5) is 0 Å². The fourth-order valence-electron chi connectivity index (χ4n) is 1.92. The summed E-state index contributed by atoms with van der Waals surface area (Å²) in [6.45, 7) is 2.54. The lowest BCUT2D eigenvalue weighted by Crippen LogP contribution is -2.23. The van der Waals surface area contributed by atoms with E-state index in [4.69, 9.17) is 16.7 Å². The van der Waals surface area contributed by atoms with Crippen LogP contribution in [0.25, 0.3) is 0 Å². The molecule has 20 heavy (non-hydrogen) atoms. The van der Waals surface area contributed by atoms with E-state index >= 15 is 0 Å². The molecule has 106 valence electrons. The van der Waals surface area contributed by atoms with Gasteiger partial charge in [-0.25, -0.2) is 4.98 Å². The molecular weight excluding hydrogens is 296 g/mol. The van der Waals surface area contributed by atoms with Crippen molar-refractivity contribution < 1.29 is 9.90 Å². The Balaban J connectivity index is 2.11. The highest BCUT2D eigenvalue weighted by Gasteiger charge is 2.16. The van der Waals surface area contributed by atoms with Crippen LogP contribution in [0.1, 0.15) is 28.6 Å². The monoisotopic (exact) mass is 310 g/mol. The highest BCUT2D eigenvalue weighted by Crippen LogP contribution is 2.22. The number of nitrogens with one attached hydrogen (secondary N) is 1. The maximum absolute atomic E-state index is 11.0. The normalized spacial score (nSPS) is 12.3. The number of benzene rings is 1. The lowest BCUT2D eigenvalue weighted by molar-refractivity contribution is -0.137. The molecule has 2 rings (SSSR count). The Morgan fingerprint density at radius 1 is 1.55 bits per heavy atom. The number of aliphatic carboxylic acids is 1. The van der Waals surface area contributed by atoms with Gasteiger partial charge >= 0.3 is 5.97 Å². The minimum absolute atomic E-state index is 0.0121. The van der Waals surface area contributed by atoms with Crippen molar-refractivity contribution >= 4 is 28.9 Å². The molecule has 1 atom stereocenters. The van der Waals surface area contributed by atoms with Gasteiger partial charge in [-0.2, -0.15) is 0 Å². The van der Waals surface area contributed by atoms with Crippen LogP contribution < -0.4 is 5.32 Å². The topological polar surface area (TPSA) is 62.2 Å². The summed E-state index contributed by atoms with van der Waals surface area (Å²) in [4.78, 5) is 16.3. The number of halogens is 1. The summed E-state index contributed by atoms with van der Waals surface area (Å²) < 4.78 is 0. The van der Waals surface area contributed by atoms with Gasteiger partial charge in [-0.1, -0.05) is 23.7 Å². The van der Waals surface area contributed by atoms with Gasteiger partial charge in [-0.15, -0.1) is 11.3 Å². The Bertz CT molecular complexity index is 600. The van der Waals surface area contributed by atoms with Crippen molar-refractivity contribution in [2.24, 2.45) is 0 Å². The minimum atomic E-state index is -0.844. The Morgan fingerprint density at radius 3 is 2.95 bits per heavy atom. The maximum atomic E-state index is 11.0. The van der Waals surface area contributed by atoms with E-state index in [0.29, 0.717) is 11.6 Å². The molecule has 0 aliphatic carbocycles. The molecule has 1 heterocycles. The van der Waals surface area contributed by atoms with Crippen molar-refractivity contribution in [2.45, 2.75) is 25.9 Å². The average molecular weight is 311 g/mol. The van der Waals surface area contributed by atoms with Gasteiger partial charge in [0.25, 0.3) is 0 Å². The molecule has 6 heteroatoms. The van der Waals surface area contributed by atoms with Gasteiger partial charge in [0.05, 0.1) is 17.6 Å². The van der Waals surface area contributed by atoms with E-state index in [9.17, 15) is 4.79 Å². The zero-order valence-corrected chi connectivity index (χ0v) is 12.5. The van der Waals surface area contributed by atoms with Gasteiger partial charge < -0.3 is 10.4 Å². The summed E-state index contributed by atoms with van der Waals surface area (Å²) in [6, 6.07) is 7.00. The summed E-state index contributed by atoms with van der Waals surface area (Å²) >= 11 is 7.53. The molecule has 0 aliphatic rings. The zero-order valence-electron chi connectivity index (χ0n) is 11.0. The first-order valence-corrected chi connectivity index (χ1v) is 7.41. The summed E-state index contributed by atoms with van der Waals surface area (Å²) in [7, 11) is 0. The van der Waals surface area contributed by atoms with Crippen LogP contribution in [-0.4, -0.2) is 16.1 Å². The quantitative estimate of drug-likeness (QED) is 0.858. The van der Waals surface area contributed by atoms with Gasteiger partial charge in [0.2, 0.25) is 0 Å². The zero-order chi connectivity index (χ0) is 14.5. The second-order valence-corrected chi connectivity index (χ2v) is 5.82. The summed E-state index contributed by atoms with van der Waals surface area (Å²) in [5, 5.41) is 12.9. The molecule has 0 saturated carbocycles. The smallest absolute Gasteiger partial charge is 0.305 e. The van der Waals surface area contributed by atoms with Crippen LogP contribution in [0.2, 0.25) is 5.02 Å². The molecular formula is C14H15ClN2O2S. The van der Waals surface area contributed by atoms with E-state index in [1.807, 2.05) is 19.1 Å². The first-order valence-electron chi connectivity index (χ1n) is 6.16. The van der Waals surface area contributed by atoms with Crippen molar-refractivity contribution in [1.29, 1.82) is 0 Å². The van der Waals surface area contributed by atoms with Gasteiger partial charge in [0, 0.05) is 22.5 Å². The molecule has 2 aromatic rings. The number of carboxylic acid groups (broad SMARTS) is 1. The largest absolute Gasteiger partial charge is 0.481 e. The predicted octanol–water partition coefficient (Wildman–Crippen LogP) is 3.41. The second-order valence-electron chi connectivity index (χ2n) is 4.45. The molecule has 0 bridgehead atoms. The average Bonchev–Trinajstić information content (AvgIpc) is 2.80. The first kappa shape index (κ1) is 15.0. The van der Waals surface area contributed by atoms with Crippen LogP contribution in [0.5, 0.6) is 0 Å². The number of aryl methyl sites for hydroxylation is 1. The summed E-state index contributed by atoms with van der Waals surface area (Å²) in [5.41, 5.74) is 3.64. The number of nitrogens with zero attached hydrogens (tertiary/aromatic N) is 1. The molecule has 0 amide bonds. The number of hydrogen-bond acceptors (Lipinski definition) is 4. The number of thiazole rings is 1. The fourth-order valence-corrected chi connectivity index (χ4v) is 2.84. The van der Waals surface area contributed by atoms with Crippen molar-refractivity contribution in [2.75, 3.05) is 0 Å². The third kappa shape index (κ3) is 4.03. The molecule has 1 aromatic carbocycles. The van der Waals surface area contributed by atoms with Crippen LogP contribution >= 0.6 is 22.9 Å². The molecule has 0 aliphatic heterocycles. The van der Waals surface area contributed by atoms with Gasteiger partial charge in [0.15, 0.2) is 0 Å². The van der Waals surface area contributed by atoms with Gasteiger partial charge in [-0.3, -0.25) is 4.79 Å². The van der Waals surface area contributed by atoms with Crippen LogP contribution in [0.3, 0.4) is 0 Å². The van der Waals surface area contributed by atoms with E-state index < -0.39 is 5.97 Å². The van der Waals surface area contributed by atoms with E-state index in [1.54, 1.807) is 29.0 Å². The third-order valence-corrected chi connectivity index (χ3v) is 4.15. The highest BCUT2D eigenvalue weighted by atomic mass is 35.5. The van der Waals surface area contributed by atoms with Crippen LogP contribution in [0.15, 0.2) is 29.8 Å². The first-order chi connectivity index (χ1) is 9.56. The molecule has 1 aromatic heterocycles. The van der Waals surface area contributed by atoms with E-state index in [1.165, 1.54) is 0 Å². The Morgan fingerprint density at radius 2 is 2.35 bits per heavy atom. The predicted molar refractivity (Wildman–Crippen MR) is 80.1 cm³/mol. The van der Waals surface area contributed by atoms with E-state index in [0.717, 1.165) is 16.1 Å². The molecule has 4 nitrogen and oxygen atoms in total. The van der Waals surface area contributed by atoms with E-state index in [2.05, 4.69) is 10.3 Å². The van der Waals surface area contributed by atoms with Crippen molar-refractivity contribution in [3.05, 3.63) is 50.9 Å². The lowest BCUT2D eigenvalue weighted by Gasteiger charge is -2.17. The van der Waals surface area contributed by atoms with Crippen LogP contribution in [0, 0.1) is 6.92 Å². The molecule has 0 saturated heterocycles. The Kier molecular flexibility index (Phi) is 5.11. The standard InChI is InChI=1S/C14H15ClN2O2S/c1-9-13(20-8-17-9)7-16-12(6-14(18)19)10-3-2-4-11(15)5-10/h2-5,8,12,16H,6-7H2,1H3,(H,18,19)/t12-/m1/s1. The Hall–Kier alpha value is -1.43. The second kappa shape index (κ2) is 6.83. The molecule has 0 radical (unpaired) electrons.